The third kappa shape index (κ3) is 3.32. The van der Waals surface area contributed by atoms with Crippen molar-refractivity contribution in [3.05, 3.63) is 18.2 Å². The molecule has 0 spiro atoms. The van der Waals surface area contributed by atoms with Crippen LogP contribution in [0.4, 0.5) is 0 Å². The molecule has 3 atom stereocenters. The van der Waals surface area contributed by atoms with Crippen LogP contribution in [0.5, 0.6) is 0 Å². The molecule has 6 nitrogen and oxygen atoms in total. The first-order valence-electron chi connectivity index (χ1n) is 6.40. The first-order chi connectivity index (χ1) is 9.11. The zero-order valence-corrected chi connectivity index (χ0v) is 12.1. The summed E-state index contributed by atoms with van der Waals surface area (Å²) < 4.78 is 1.75. The van der Waals surface area contributed by atoms with Gasteiger partial charge < -0.3 is 14.6 Å². The molecule has 1 aromatic heterocycles. The minimum absolute atomic E-state index is 0.0181. The fraction of sp³-hybridized carbons (Fsp3) is 0.583. The van der Waals surface area contributed by atoms with E-state index in [1.807, 2.05) is 18.0 Å². The number of carbonyl (C=O) groups is 2. The molecule has 2 unspecified atom stereocenters. The number of amides is 2. The Balaban J connectivity index is 2.06. The molecule has 7 heteroatoms. The van der Waals surface area contributed by atoms with E-state index in [4.69, 9.17) is 0 Å². The van der Waals surface area contributed by atoms with Gasteiger partial charge in [-0.1, -0.05) is 0 Å². The summed E-state index contributed by atoms with van der Waals surface area (Å²) in [6.45, 7) is 2.81. The molecule has 0 saturated carbocycles. The second-order valence-corrected chi connectivity index (χ2v) is 5.47. The van der Waals surface area contributed by atoms with Gasteiger partial charge in [0, 0.05) is 25.2 Å². The van der Waals surface area contributed by atoms with Gasteiger partial charge in [-0.3, -0.25) is 9.59 Å². The number of carbonyl (C=O) groups excluding carboxylic acids is 2. The van der Waals surface area contributed by atoms with Gasteiger partial charge in [0.25, 0.3) is 0 Å². The first-order valence-corrected chi connectivity index (χ1v) is 6.91. The smallest absolute Gasteiger partial charge is 0.245 e. The summed E-state index contributed by atoms with van der Waals surface area (Å²) in [5, 5.41) is 2.61. The fourth-order valence-electron chi connectivity index (χ4n) is 2.45. The van der Waals surface area contributed by atoms with E-state index in [-0.39, 0.29) is 11.9 Å². The van der Waals surface area contributed by atoms with Crippen LogP contribution in [0, 0.1) is 0 Å². The van der Waals surface area contributed by atoms with Gasteiger partial charge in [0.05, 0.1) is 12.0 Å². The second kappa shape index (κ2) is 6.15. The average molecular weight is 282 g/mol. The molecule has 1 fully saturated rings. The zero-order valence-electron chi connectivity index (χ0n) is 11.0. The molecule has 1 N–H and O–H groups in total. The maximum atomic E-state index is 12.4. The summed E-state index contributed by atoms with van der Waals surface area (Å²) in [6, 6.07) is -0.277. The SMILES string of the molecule is CC1CCCN1C(=O)[C@H](Cc1cn(P)cn1)NC=O. The topological polar surface area (TPSA) is 67.2 Å². The number of hydrogen-bond donors (Lipinski definition) is 1. The summed E-state index contributed by atoms with van der Waals surface area (Å²) >= 11 is 0. The number of nitrogens with one attached hydrogen (secondary N) is 1. The lowest BCUT2D eigenvalue weighted by Gasteiger charge is -2.26. The molecule has 2 heterocycles. The van der Waals surface area contributed by atoms with Gasteiger partial charge in [0.1, 0.15) is 6.04 Å². The van der Waals surface area contributed by atoms with E-state index < -0.39 is 6.04 Å². The average Bonchev–Trinajstić information content (AvgIpc) is 2.97. The highest BCUT2D eigenvalue weighted by molar-refractivity contribution is 7.14. The highest BCUT2D eigenvalue weighted by Gasteiger charge is 2.30. The van der Waals surface area contributed by atoms with Crippen molar-refractivity contribution in [2.75, 3.05) is 6.54 Å². The summed E-state index contributed by atoms with van der Waals surface area (Å²) in [5.74, 6) is -0.0181. The van der Waals surface area contributed by atoms with Crippen molar-refractivity contribution in [2.45, 2.75) is 38.3 Å². The lowest BCUT2D eigenvalue weighted by atomic mass is 10.1. The molecule has 0 radical (unpaired) electrons. The summed E-state index contributed by atoms with van der Waals surface area (Å²) in [7, 11) is 2.48. The van der Waals surface area contributed by atoms with Crippen LogP contribution in [0.1, 0.15) is 25.5 Å². The Morgan fingerprint density at radius 3 is 3.05 bits per heavy atom. The largest absolute Gasteiger partial charge is 0.347 e. The molecule has 19 heavy (non-hydrogen) atoms. The predicted molar refractivity (Wildman–Crippen MR) is 74.4 cm³/mol. The van der Waals surface area contributed by atoms with Crippen molar-refractivity contribution < 1.29 is 9.59 Å². The van der Waals surface area contributed by atoms with Crippen molar-refractivity contribution in [1.82, 2.24) is 19.5 Å². The summed E-state index contributed by atoms with van der Waals surface area (Å²) in [6.07, 6.45) is 6.54. The molecule has 2 rings (SSSR count). The molecule has 1 aliphatic heterocycles. The minimum atomic E-state index is -0.530. The Morgan fingerprint density at radius 1 is 1.74 bits per heavy atom. The molecule has 0 aromatic carbocycles. The van der Waals surface area contributed by atoms with E-state index in [9.17, 15) is 9.59 Å². The summed E-state index contributed by atoms with van der Waals surface area (Å²) in [5.41, 5.74) is 0.787. The number of rotatable bonds is 5. The minimum Gasteiger partial charge on any atom is -0.347 e. The summed E-state index contributed by atoms with van der Waals surface area (Å²) in [4.78, 5) is 29.1. The van der Waals surface area contributed by atoms with Crippen molar-refractivity contribution in [1.29, 1.82) is 0 Å². The van der Waals surface area contributed by atoms with Crippen LogP contribution in [0.2, 0.25) is 0 Å². The predicted octanol–water partition coefficient (Wildman–Crippen LogP) is 0.189. The number of likely N-dealkylation sites (tertiary alicyclic amines) is 1. The van der Waals surface area contributed by atoms with Crippen LogP contribution < -0.4 is 5.32 Å². The van der Waals surface area contributed by atoms with Crippen molar-refractivity contribution in [2.24, 2.45) is 0 Å². The Hall–Kier alpha value is -1.42. The van der Waals surface area contributed by atoms with Gasteiger partial charge in [0.15, 0.2) is 0 Å². The van der Waals surface area contributed by atoms with E-state index in [0.717, 1.165) is 25.1 Å². The monoisotopic (exact) mass is 282 g/mol. The van der Waals surface area contributed by atoms with Crippen LogP contribution in [0.25, 0.3) is 0 Å². The first kappa shape index (κ1) is 14.0. The lowest BCUT2D eigenvalue weighted by Crippen LogP contribution is -2.48. The van der Waals surface area contributed by atoms with Gasteiger partial charge in [-0.05, 0) is 29.2 Å². The van der Waals surface area contributed by atoms with Crippen LogP contribution in [0.3, 0.4) is 0 Å². The Labute approximate surface area is 114 Å². The van der Waals surface area contributed by atoms with Gasteiger partial charge in [-0.25, -0.2) is 4.98 Å². The van der Waals surface area contributed by atoms with E-state index in [2.05, 4.69) is 19.7 Å². The zero-order chi connectivity index (χ0) is 13.8. The van der Waals surface area contributed by atoms with E-state index in [1.165, 1.54) is 0 Å². The molecular weight excluding hydrogens is 263 g/mol. The molecule has 1 aromatic rings. The molecule has 2 amide bonds. The maximum absolute atomic E-state index is 12.4. The van der Waals surface area contributed by atoms with E-state index in [1.54, 1.807) is 10.7 Å². The van der Waals surface area contributed by atoms with Gasteiger partial charge in [-0.15, -0.1) is 0 Å². The van der Waals surface area contributed by atoms with Crippen molar-refractivity contribution >= 4 is 21.7 Å². The van der Waals surface area contributed by atoms with Gasteiger partial charge in [-0.2, -0.15) is 0 Å². The van der Waals surface area contributed by atoms with Gasteiger partial charge >= 0.3 is 0 Å². The van der Waals surface area contributed by atoms with Crippen LogP contribution >= 0.6 is 9.39 Å². The Morgan fingerprint density at radius 2 is 2.53 bits per heavy atom. The number of hydrogen-bond acceptors (Lipinski definition) is 3. The normalized spacial score (nSPS) is 20.3. The third-order valence-corrected chi connectivity index (χ3v) is 3.75. The van der Waals surface area contributed by atoms with Crippen molar-refractivity contribution in [3.8, 4) is 0 Å². The number of imidazole rings is 1. The molecule has 1 saturated heterocycles. The standard InChI is InChI=1S/C12H19N4O2P/c1-9-3-2-4-16(9)12(18)11(14-8-17)5-10-6-15(19)7-13-10/h6-9,11H,2-5,19H2,1H3,(H,14,17)/t9?,11-/m0/s1. The maximum Gasteiger partial charge on any atom is 0.245 e. The molecule has 1 aliphatic rings. The quantitative estimate of drug-likeness (QED) is 0.619. The fourth-order valence-corrected chi connectivity index (χ4v) is 2.69. The van der Waals surface area contributed by atoms with E-state index in [0.29, 0.717) is 12.8 Å². The number of nitrogens with zero attached hydrogens (tertiary/aromatic N) is 3. The third-order valence-electron chi connectivity index (χ3n) is 3.47. The molecule has 0 bridgehead atoms. The van der Waals surface area contributed by atoms with E-state index >= 15 is 0 Å². The number of aromatic nitrogens is 2. The molecular formula is C12H19N4O2P. The Kier molecular flexibility index (Phi) is 4.53. The second-order valence-electron chi connectivity index (χ2n) is 4.88. The molecule has 0 aliphatic carbocycles. The highest BCUT2D eigenvalue weighted by atomic mass is 31.0. The molecule has 104 valence electrons. The van der Waals surface area contributed by atoms with Crippen LogP contribution in [-0.2, 0) is 16.0 Å². The van der Waals surface area contributed by atoms with Crippen LogP contribution in [0.15, 0.2) is 12.5 Å². The van der Waals surface area contributed by atoms with Crippen LogP contribution in [-0.4, -0.2) is 45.2 Å². The highest BCUT2D eigenvalue weighted by Crippen LogP contribution is 2.18. The van der Waals surface area contributed by atoms with Gasteiger partial charge in [0.2, 0.25) is 12.3 Å². The van der Waals surface area contributed by atoms with Crippen molar-refractivity contribution in [3.63, 3.8) is 0 Å². The lowest BCUT2D eigenvalue weighted by molar-refractivity contribution is -0.135. The Bertz CT molecular complexity index is 462.